The number of anilines is 2. The zero-order chi connectivity index (χ0) is 17.3. The predicted octanol–water partition coefficient (Wildman–Crippen LogP) is 1.12. The zero-order valence-electron chi connectivity index (χ0n) is 12.3. The highest BCUT2D eigenvalue weighted by atomic mass is 32.2. The average Bonchev–Trinajstić information content (AvgIpc) is 2.53. The molecule has 3 rings (SSSR count). The molecule has 3 aromatic rings. The summed E-state index contributed by atoms with van der Waals surface area (Å²) in [6.07, 6.45) is 0. The molecule has 0 spiro atoms. The van der Waals surface area contributed by atoms with Gasteiger partial charge >= 0.3 is 0 Å². The molecule has 8 nitrogen and oxygen atoms in total. The Morgan fingerprint density at radius 1 is 1.00 bits per heavy atom. The standard InChI is InChI=1S/C15H13N5O3S/c16-14(21)13-15(20-12-7-2-1-6-11(12)19-13)18-9-4-3-5-10(8-9)24(17,22)23/h1-8H,(H2,16,21)(H,18,20)(H2,17,22,23). The number of hydrogen-bond acceptors (Lipinski definition) is 6. The highest BCUT2D eigenvalue weighted by molar-refractivity contribution is 7.89. The van der Waals surface area contributed by atoms with Crippen molar-refractivity contribution >= 4 is 38.5 Å². The van der Waals surface area contributed by atoms with Crippen molar-refractivity contribution in [3.8, 4) is 0 Å². The number of fused-ring (bicyclic) bond motifs is 1. The van der Waals surface area contributed by atoms with Crippen molar-refractivity contribution in [3.05, 3.63) is 54.2 Å². The van der Waals surface area contributed by atoms with E-state index in [0.717, 1.165) is 0 Å². The second-order valence-electron chi connectivity index (χ2n) is 4.97. The van der Waals surface area contributed by atoms with Gasteiger partial charge in [0, 0.05) is 5.69 Å². The van der Waals surface area contributed by atoms with Crippen LogP contribution in [-0.4, -0.2) is 24.3 Å². The number of rotatable bonds is 4. The van der Waals surface area contributed by atoms with E-state index in [1.807, 2.05) is 0 Å². The fourth-order valence-electron chi connectivity index (χ4n) is 2.15. The van der Waals surface area contributed by atoms with E-state index < -0.39 is 15.9 Å². The number of nitrogens with one attached hydrogen (secondary N) is 1. The van der Waals surface area contributed by atoms with Crippen molar-refractivity contribution < 1.29 is 13.2 Å². The van der Waals surface area contributed by atoms with Gasteiger partial charge in [-0.2, -0.15) is 0 Å². The first-order valence-corrected chi connectivity index (χ1v) is 8.36. The lowest BCUT2D eigenvalue weighted by Crippen LogP contribution is -2.17. The van der Waals surface area contributed by atoms with Gasteiger partial charge in [0.25, 0.3) is 5.91 Å². The van der Waals surface area contributed by atoms with Crippen molar-refractivity contribution in [1.82, 2.24) is 9.97 Å². The Labute approximate surface area is 137 Å². The number of aromatic nitrogens is 2. The van der Waals surface area contributed by atoms with Gasteiger partial charge in [0.15, 0.2) is 11.5 Å². The van der Waals surface area contributed by atoms with Crippen molar-refractivity contribution in [3.63, 3.8) is 0 Å². The maximum atomic E-state index is 11.6. The first-order chi connectivity index (χ1) is 11.3. The zero-order valence-corrected chi connectivity index (χ0v) is 13.1. The molecule has 0 unspecified atom stereocenters. The second-order valence-corrected chi connectivity index (χ2v) is 6.53. The molecule has 0 fully saturated rings. The first kappa shape index (κ1) is 15.8. The van der Waals surface area contributed by atoms with Gasteiger partial charge < -0.3 is 11.1 Å². The van der Waals surface area contributed by atoms with E-state index >= 15 is 0 Å². The molecule has 1 heterocycles. The Morgan fingerprint density at radius 2 is 1.67 bits per heavy atom. The van der Waals surface area contributed by atoms with Crippen molar-refractivity contribution in [1.29, 1.82) is 0 Å². The fraction of sp³-hybridized carbons (Fsp3) is 0. The van der Waals surface area contributed by atoms with Crippen LogP contribution in [0.3, 0.4) is 0 Å². The summed E-state index contributed by atoms with van der Waals surface area (Å²) in [5.41, 5.74) is 6.78. The van der Waals surface area contributed by atoms with Crippen molar-refractivity contribution in [2.75, 3.05) is 5.32 Å². The van der Waals surface area contributed by atoms with Crippen molar-refractivity contribution in [2.45, 2.75) is 4.90 Å². The van der Waals surface area contributed by atoms with Gasteiger partial charge in [-0.1, -0.05) is 18.2 Å². The summed E-state index contributed by atoms with van der Waals surface area (Å²) >= 11 is 0. The second kappa shape index (κ2) is 5.87. The highest BCUT2D eigenvalue weighted by Gasteiger charge is 2.15. The van der Waals surface area contributed by atoms with Crippen LogP contribution in [-0.2, 0) is 10.0 Å². The minimum atomic E-state index is -3.85. The number of nitrogens with zero attached hydrogens (tertiary/aromatic N) is 2. The molecule has 0 bridgehead atoms. The topological polar surface area (TPSA) is 141 Å². The van der Waals surface area contributed by atoms with Crippen LogP contribution >= 0.6 is 0 Å². The number of sulfonamides is 1. The summed E-state index contributed by atoms with van der Waals surface area (Å²) in [6.45, 7) is 0. The Hall–Kier alpha value is -3.04. The summed E-state index contributed by atoms with van der Waals surface area (Å²) in [6, 6.07) is 12.8. The predicted molar refractivity (Wildman–Crippen MR) is 89.2 cm³/mol. The molecule has 0 aliphatic rings. The molecule has 0 atom stereocenters. The molecule has 9 heteroatoms. The number of primary amides is 1. The van der Waals surface area contributed by atoms with Gasteiger partial charge in [0.2, 0.25) is 10.0 Å². The van der Waals surface area contributed by atoms with Gasteiger partial charge in [0.05, 0.1) is 15.9 Å². The van der Waals surface area contributed by atoms with E-state index in [9.17, 15) is 13.2 Å². The van der Waals surface area contributed by atoms with E-state index in [1.54, 1.807) is 30.3 Å². The maximum Gasteiger partial charge on any atom is 0.271 e. The molecular formula is C15H13N5O3S. The molecule has 5 N–H and O–H groups in total. The normalized spacial score (nSPS) is 11.4. The van der Waals surface area contributed by atoms with Gasteiger partial charge in [-0.15, -0.1) is 0 Å². The quantitative estimate of drug-likeness (QED) is 0.648. The Balaban J connectivity index is 2.09. The van der Waals surface area contributed by atoms with Crippen LogP contribution in [0.4, 0.5) is 11.5 Å². The van der Waals surface area contributed by atoms with Crippen molar-refractivity contribution in [2.24, 2.45) is 10.9 Å². The molecule has 122 valence electrons. The summed E-state index contributed by atoms with van der Waals surface area (Å²) in [5.74, 6) is -0.619. The third-order valence-electron chi connectivity index (χ3n) is 3.23. The number of carbonyl (C=O) groups excluding carboxylic acids is 1. The molecule has 0 radical (unpaired) electrons. The largest absolute Gasteiger partial charge is 0.364 e. The molecule has 0 saturated heterocycles. The lowest BCUT2D eigenvalue weighted by atomic mass is 10.2. The van der Waals surface area contributed by atoms with E-state index in [-0.39, 0.29) is 16.4 Å². The van der Waals surface area contributed by atoms with E-state index in [2.05, 4.69) is 15.3 Å². The summed E-state index contributed by atoms with van der Waals surface area (Å²) in [7, 11) is -3.85. The first-order valence-electron chi connectivity index (χ1n) is 6.81. The van der Waals surface area contributed by atoms with Crippen LogP contribution in [0.5, 0.6) is 0 Å². The molecule has 24 heavy (non-hydrogen) atoms. The monoisotopic (exact) mass is 343 g/mol. The number of primary sulfonamides is 1. The average molecular weight is 343 g/mol. The molecule has 0 aliphatic carbocycles. The SMILES string of the molecule is NC(=O)c1nc2ccccc2nc1Nc1cccc(S(N)(=O)=O)c1. The minimum absolute atomic E-state index is 0.0466. The molecule has 0 aliphatic heterocycles. The molecule has 0 saturated carbocycles. The van der Waals surface area contributed by atoms with Crippen LogP contribution in [0.25, 0.3) is 11.0 Å². The number of nitrogens with two attached hydrogens (primary N) is 2. The number of carbonyl (C=O) groups is 1. The summed E-state index contributed by atoms with van der Waals surface area (Å²) in [4.78, 5) is 20.1. The third kappa shape index (κ3) is 3.16. The lowest BCUT2D eigenvalue weighted by Gasteiger charge is -2.10. The molecule has 1 aromatic heterocycles. The van der Waals surface area contributed by atoms with E-state index in [0.29, 0.717) is 16.7 Å². The number of hydrogen-bond donors (Lipinski definition) is 3. The lowest BCUT2D eigenvalue weighted by molar-refractivity contribution is 0.0996. The van der Waals surface area contributed by atoms with E-state index in [1.165, 1.54) is 18.2 Å². The van der Waals surface area contributed by atoms with Gasteiger partial charge in [-0.25, -0.2) is 23.5 Å². The van der Waals surface area contributed by atoms with Gasteiger partial charge in [0.1, 0.15) is 0 Å². The Morgan fingerprint density at radius 3 is 2.29 bits per heavy atom. The molecule has 2 aromatic carbocycles. The molecular weight excluding hydrogens is 330 g/mol. The van der Waals surface area contributed by atoms with Crippen LogP contribution in [0.2, 0.25) is 0 Å². The van der Waals surface area contributed by atoms with Crippen LogP contribution in [0.15, 0.2) is 53.4 Å². The smallest absolute Gasteiger partial charge is 0.271 e. The van der Waals surface area contributed by atoms with Crippen LogP contribution < -0.4 is 16.2 Å². The maximum absolute atomic E-state index is 11.6. The number of amides is 1. The van der Waals surface area contributed by atoms with Crippen LogP contribution in [0, 0.1) is 0 Å². The third-order valence-corrected chi connectivity index (χ3v) is 4.14. The molecule has 1 amide bonds. The van der Waals surface area contributed by atoms with Gasteiger partial charge in [-0.05, 0) is 30.3 Å². The highest BCUT2D eigenvalue weighted by Crippen LogP contribution is 2.22. The van der Waals surface area contributed by atoms with E-state index in [4.69, 9.17) is 10.9 Å². The van der Waals surface area contributed by atoms with Crippen LogP contribution in [0.1, 0.15) is 10.5 Å². The number of benzene rings is 2. The number of para-hydroxylation sites is 2. The summed E-state index contributed by atoms with van der Waals surface area (Å²) in [5, 5.41) is 7.98. The van der Waals surface area contributed by atoms with Gasteiger partial charge in [-0.3, -0.25) is 4.79 Å². The Kier molecular flexibility index (Phi) is 3.87. The summed E-state index contributed by atoms with van der Waals surface area (Å²) < 4.78 is 22.9. The minimum Gasteiger partial charge on any atom is -0.364 e. The fourth-order valence-corrected chi connectivity index (χ4v) is 2.71. The Bertz CT molecular complexity index is 1050.